The summed E-state index contributed by atoms with van der Waals surface area (Å²) in [6.07, 6.45) is 7.87. The van der Waals surface area contributed by atoms with Gasteiger partial charge in [-0.3, -0.25) is 0 Å². The topological polar surface area (TPSA) is 0 Å². The summed E-state index contributed by atoms with van der Waals surface area (Å²) >= 11 is 0. The van der Waals surface area contributed by atoms with Crippen molar-refractivity contribution in [2.24, 2.45) is 11.8 Å². The van der Waals surface area contributed by atoms with Crippen LogP contribution in [0.2, 0.25) is 0 Å². The number of hydrogen-bond acceptors (Lipinski definition) is 0. The van der Waals surface area contributed by atoms with E-state index in [2.05, 4.69) is 6.92 Å². The second-order valence-electron chi connectivity index (χ2n) is 6.36. The van der Waals surface area contributed by atoms with Crippen molar-refractivity contribution in [2.75, 3.05) is 0 Å². The van der Waals surface area contributed by atoms with Crippen LogP contribution in [-0.2, 0) is 5.92 Å². The van der Waals surface area contributed by atoms with Crippen LogP contribution in [0, 0.1) is 11.8 Å². The Morgan fingerprint density at radius 1 is 0.850 bits per heavy atom. The molecule has 0 saturated heterocycles. The van der Waals surface area contributed by atoms with E-state index in [0.717, 1.165) is 25.7 Å². The first kappa shape index (κ1) is 15.5. The second kappa shape index (κ2) is 7.19. The van der Waals surface area contributed by atoms with Crippen LogP contribution in [0.15, 0.2) is 30.3 Å². The normalized spacial score (nSPS) is 26.1. The maximum Gasteiger partial charge on any atom is 0.276 e. The zero-order valence-electron chi connectivity index (χ0n) is 12.5. The molecule has 1 aromatic rings. The van der Waals surface area contributed by atoms with E-state index in [1.807, 2.05) is 0 Å². The number of alkyl halides is 2. The highest BCUT2D eigenvalue weighted by Crippen LogP contribution is 2.42. The Morgan fingerprint density at radius 3 is 2.20 bits per heavy atom. The van der Waals surface area contributed by atoms with Crippen LogP contribution in [-0.4, -0.2) is 0 Å². The largest absolute Gasteiger partial charge is 0.276 e. The molecular formula is C18H26F2. The molecule has 1 aliphatic carbocycles. The quantitative estimate of drug-likeness (QED) is 0.608. The number of halogens is 2. The molecule has 0 heterocycles. The predicted molar refractivity (Wildman–Crippen MR) is 79.9 cm³/mol. The molecular weight excluding hydrogens is 254 g/mol. The average molecular weight is 280 g/mol. The Kier molecular flexibility index (Phi) is 5.56. The molecule has 1 aromatic carbocycles. The molecule has 1 aliphatic rings. The van der Waals surface area contributed by atoms with Crippen molar-refractivity contribution in [3.8, 4) is 0 Å². The Balaban J connectivity index is 2.07. The molecule has 1 saturated carbocycles. The van der Waals surface area contributed by atoms with Crippen LogP contribution < -0.4 is 0 Å². The predicted octanol–water partition coefficient (Wildman–Crippen LogP) is 6.17. The van der Waals surface area contributed by atoms with Crippen molar-refractivity contribution >= 4 is 0 Å². The third-order valence-electron chi connectivity index (χ3n) is 4.67. The molecule has 0 nitrogen and oxygen atoms in total. The minimum absolute atomic E-state index is 0.190. The van der Waals surface area contributed by atoms with Crippen LogP contribution in [0.4, 0.5) is 8.78 Å². The summed E-state index contributed by atoms with van der Waals surface area (Å²) in [7, 11) is 0. The van der Waals surface area contributed by atoms with Gasteiger partial charge in [-0.1, -0.05) is 75.8 Å². The summed E-state index contributed by atoms with van der Waals surface area (Å²) in [6.45, 7) is 2.26. The summed E-state index contributed by atoms with van der Waals surface area (Å²) in [5, 5.41) is 0. The lowest BCUT2D eigenvalue weighted by Crippen LogP contribution is -2.26. The fraction of sp³-hybridized carbons (Fsp3) is 0.667. The van der Waals surface area contributed by atoms with Gasteiger partial charge >= 0.3 is 0 Å². The van der Waals surface area contributed by atoms with Gasteiger partial charge in [0.25, 0.3) is 5.92 Å². The minimum Gasteiger partial charge on any atom is -0.201 e. The Bertz CT molecular complexity index is 386. The van der Waals surface area contributed by atoms with E-state index in [1.54, 1.807) is 30.3 Å². The first-order valence-electron chi connectivity index (χ1n) is 8.04. The van der Waals surface area contributed by atoms with Gasteiger partial charge in [0.15, 0.2) is 0 Å². The van der Waals surface area contributed by atoms with Gasteiger partial charge in [-0.25, -0.2) is 8.78 Å². The summed E-state index contributed by atoms with van der Waals surface area (Å²) in [5.74, 6) is -2.47. The average Bonchev–Trinajstić information content (AvgIpc) is 2.46. The third-order valence-corrected chi connectivity index (χ3v) is 4.67. The number of hydrogen-bond donors (Lipinski definition) is 0. The van der Waals surface area contributed by atoms with Crippen LogP contribution in [0.25, 0.3) is 0 Å². The molecule has 112 valence electrons. The second-order valence-corrected chi connectivity index (χ2v) is 6.36. The third kappa shape index (κ3) is 4.04. The standard InChI is InChI=1S/C18H26F2/c1-15-9-4-2-5-13-17(14-8-10-15)18(19,20)16-11-6-3-7-12-16/h3,6-7,11-12,15,17H,2,4-5,8-10,13-14H2,1H3. The van der Waals surface area contributed by atoms with Crippen molar-refractivity contribution in [1.82, 2.24) is 0 Å². The molecule has 2 heteroatoms. The summed E-state index contributed by atoms with van der Waals surface area (Å²) in [5.41, 5.74) is 0.190. The van der Waals surface area contributed by atoms with E-state index < -0.39 is 11.8 Å². The fourth-order valence-corrected chi connectivity index (χ4v) is 3.32. The number of benzene rings is 1. The Labute approximate surface area is 121 Å². The highest BCUT2D eigenvalue weighted by Gasteiger charge is 2.40. The molecule has 1 fully saturated rings. The molecule has 20 heavy (non-hydrogen) atoms. The van der Waals surface area contributed by atoms with E-state index in [9.17, 15) is 8.78 Å². The molecule has 0 aliphatic heterocycles. The molecule has 2 atom stereocenters. The van der Waals surface area contributed by atoms with Crippen molar-refractivity contribution in [3.05, 3.63) is 35.9 Å². The van der Waals surface area contributed by atoms with Crippen LogP contribution >= 0.6 is 0 Å². The fourth-order valence-electron chi connectivity index (χ4n) is 3.32. The molecule has 0 bridgehead atoms. The lowest BCUT2D eigenvalue weighted by Gasteiger charge is -2.28. The van der Waals surface area contributed by atoms with E-state index in [1.165, 1.54) is 12.8 Å². The van der Waals surface area contributed by atoms with Crippen molar-refractivity contribution in [3.63, 3.8) is 0 Å². The van der Waals surface area contributed by atoms with E-state index in [4.69, 9.17) is 0 Å². The summed E-state index contributed by atoms with van der Waals surface area (Å²) in [4.78, 5) is 0. The smallest absolute Gasteiger partial charge is 0.201 e. The van der Waals surface area contributed by atoms with E-state index in [-0.39, 0.29) is 5.56 Å². The van der Waals surface area contributed by atoms with Crippen molar-refractivity contribution in [2.45, 2.75) is 64.2 Å². The summed E-state index contributed by atoms with van der Waals surface area (Å²) < 4.78 is 29.4. The molecule has 0 radical (unpaired) electrons. The Hall–Kier alpha value is -0.920. The maximum absolute atomic E-state index is 14.7. The molecule has 2 unspecified atom stereocenters. The zero-order chi connectivity index (χ0) is 14.4. The monoisotopic (exact) mass is 280 g/mol. The minimum atomic E-state index is -2.68. The molecule has 2 rings (SSSR count). The zero-order valence-corrected chi connectivity index (χ0v) is 12.5. The van der Waals surface area contributed by atoms with Gasteiger partial charge in [0.1, 0.15) is 0 Å². The van der Waals surface area contributed by atoms with Gasteiger partial charge in [-0.05, 0) is 18.8 Å². The SMILES string of the molecule is CC1CCCCCC(C(F)(F)c2ccccc2)CCC1. The van der Waals surface area contributed by atoms with E-state index in [0.29, 0.717) is 18.8 Å². The van der Waals surface area contributed by atoms with Gasteiger partial charge in [-0.15, -0.1) is 0 Å². The highest BCUT2D eigenvalue weighted by molar-refractivity contribution is 5.20. The Morgan fingerprint density at radius 2 is 1.45 bits per heavy atom. The first-order valence-corrected chi connectivity index (χ1v) is 8.04. The van der Waals surface area contributed by atoms with Crippen molar-refractivity contribution < 1.29 is 8.78 Å². The first-order chi connectivity index (χ1) is 9.60. The molecule has 0 N–H and O–H groups in total. The number of rotatable bonds is 2. The lowest BCUT2D eigenvalue weighted by molar-refractivity contribution is -0.0735. The van der Waals surface area contributed by atoms with Gasteiger partial charge < -0.3 is 0 Å². The van der Waals surface area contributed by atoms with Crippen LogP contribution in [0.3, 0.4) is 0 Å². The maximum atomic E-state index is 14.7. The van der Waals surface area contributed by atoms with E-state index >= 15 is 0 Å². The lowest BCUT2D eigenvalue weighted by atomic mass is 9.83. The van der Waals surface area contributed by atoms with Gasteiger partial charge in [0, 0.05) is 11.5 Å². The highest BCUT2D eigenvalue weighted by atomic mass is 19.3. The molecule has 0 amide bonds. The van der Waals surface area contributed by atoms with Crippen LogP contribution in [0.1, 0.15) is 63.9 Å². The van der Waals surface area contributed by atoms with Gasteiger partial charge in [0.2, 0.25) is 0 Å². The molecule has 0 aromatic heterocycles. The van der Waals surface area contributed by atoms with Gasteiger partial charge in [-0.2, -0.15) is 0 Å². The van der Waals surface area contributed by atoms with Gasteiger partial charge in [0.05, 0.1) is 0 Å². The molecule has 0 spiro atoms. The van der Waals surface area contributed by atoms with Crippen molar-refractivity contribution in [1.29, 1.82) is 0 Å². The summed E-state index contributed by atoms with van der Waals surface area (Å²) in [6, 6.07) is 8.37. The van der Waals surface area contributed by atoms with Crippen LogP contribution in [0.5, 0.6) is 0 Å².